The van der Waals surface area contributed by atoms with E-state index in [1.165, 1.54) is 205 Å². The summed E-state index contributed by atoms with van der Waals surface area (Å²) in [7, 11) is 0. The third-order valence-electron chi connectivity index (χ3n) is 12.7. The molecule has 64 heavy (non-hydrogen) atoms. The zero-order chi connectivity index (χ0) is 46.5. The van der Waals surface area contributed by atoms with Gasteiger partial charge in [-0.25, -0.2) is 0 Å². The maximum Gasteiger partial charge on any atom is 0.306 e. The Labute approximate surface area is 398 Å². The fraction of sp³-hybridized carbons (Fsp3) is 0.879. The summed E-state index contributed by atoms with van der Waals surface area (Å²) in [6.45, 7) is 6.64. The lowest BCUT2D eigenvalue weighted by atomic mass is 10.0. The number of hydrogen-bond donors (Lipinski definition) is 0. The first-order valence-corrected chi connectivity index (χ1v) is 28.4. The van der Waals surface area contributed by atoms with Crippen molar-refractivity contribution in [2.75, 3.05) is 13.2 Å². The van der Waals surface area contributed by atoms with Crippen LogP contribution < -0.4 is 0 Å². The molecule has 0 radical (unpaired) electrons. The molecule has 0 aliphatic rings. The van der Waals surface area contributed by atoms with E-state index in [0.717, 1.165) is 64.2 Å². The van der Waals surface area contributed by atoms with Gasteiger partial charge in [0.1, 0.15) is 13.2 Å². The highest BCUT2D eigenvalue weighted by Gasteiger charge is 2.19. The second-order valence-electron chi connectivity index (χ2n) is 19.2. The lowest BCUT2D eigenvalue weighted by molar-refractivity contribution is -0.167. The number of ether oxygens (including phenoxy) is 3. The maximum absolute atomic E-state index is 12.8. The molecule has 0 N–H and O–H groups in total. The standard InChI is InChI=1S/C58H108O6/c1-4-7-10-13-16-19-22-25-27-28-29-30-32-33-36-39-42-45-48-51-57(60)63-54-55(53-62-56(59)50-47-44-41-38-35-24-21-18-15-12-9-6-3)64-58(61)52-49-46-43-40-37-34-31-26-23-20-17-14-11-8-5-2/h17,20,23,26,55H,4-16,18-19,21-22,24-25,27-54H2,1-3H3/b20-17-,26-23-. The average molecular weight is 901 g/mol. The van der Waals surface area contributed by atoms with E-state index in [4.69, 9.17) is 14.2 Å². The van der Waals surface area contributed by atoms with Crippen molar-refractivity contribution in [2.24, 2.45) is 0 Å². The lowest BCUT2D eigenvalue weighted by Crippen LogP contribution is -2.30. The largest absolute Gasteiger partial charge is 0.462 e. The second kappa shape index (κ2) is 53.5. The van der Waals surface area contributed by atoms with Crippen LogP contribution in [0, 0.1) is 0 Å². The van der Waals surface area contributed by atoms with Gasteiger partial charge >= 0.3 is 17.9 Å². The van der Waals surface area contributed by atoms with Crippen molar-refractivity contribution < 1.29 is 28.6 Å². The van der Waals surface area contributed by atoms with E-state index >= 15 is 0 Å². The molecule has 6 heteroatoms. The fourth-order valence-electron chi connectivity index (χ4n) is 8.44. The fourth-order valence-corrected chi connectivity index (χ4v) is 8.44. The van der Waals surface area contributed by atoms with Crippen LogP contribution in [0.1, 0.15) is 310 Å². The molecular weight excluding hydrogens is 793 g/mol. The zero-order valence-electron chi connectivity index (χ0n) is 43.1. The molecule has 376 valence electrons. The molecule has 0 aromatic carbocycles. The Balaban J connectivity index is 4.30. The SMILES string of the molecule is CCCCC/C=C\C=C/CCCCCCCCC(=O)OC(COC(=O)CCCCCCCCCCCCCC)COC(=O)CCCCCCCCCCCCCCCCCCCCC. The number of unbranched alkanes of at least 4 members (excludes halogenated alkanes) is 38. The van der Waals surface area contributed by atoms with Crippen LogP contribution in [0.2, 0.25) is 0 Å². The highest BCUT2D eigenvalue weighted by atomic mass is 16.6. The van der Waals surface area contributed by atoms with Crippen molar-refractivity contribution >= 4 is 17.9 Å². The molecule has 0 spiro atoms. The van der Waals surface area contributed by atoms with Crippen LogP contribution in [-0.4, -0.2) is 37.2 Å². The maximum atomic E-state index is 12.8. The quantitative estimate of drug-likeness (QED) is 0.0262. The lowest BCUT2D eigenvalue weighted by Gasteiger charge is -2.18. The topological polar surface area (TPSA) is 78.9 Å². The summed E-state index contributed by atoms with van der Waals surface area (Å²) in [5.41, 5.74) is 0. The van der Waals surface area contributed by atoms with Gasteiger partial charge in [-0.2, -0.15) is 0 Å². The Hall–Kier alpha value is -2.11. The minimum absolute atomic E-state index is 0.0708. The molecule has 0 fully saturated rings. The number of allylic oxidation sites excluding steroid dienone is 4. The molecule has 0 aromatic heterocycles. The predicted octanol–water partition coefficient (Wildman–Crippen LogP) is 18.7. The van der Waals surface area contributed by atoms with Crippen LogP contribution in [0.5, 0.6) is 0 Å². The molecule has 0 saturated carbocycles. The van der Waals surface area contributed by atoms with Crippen LogP contribution in [0.15, 0.2) is 24.3 Å². The molecule has 0 heterocycles. The summed E-state index contributed by atoms with van der Waals surface area (Å²) < 4.78 is 16.8. The molecule has 6 nitrogen and oxygen atoms in total. The number of carbonyl (C=O) groups is 3. The van der Waals surface area contributed by atoms with Gasteiger partial charge in [0.15, 0.2) is 6.10 Å². The molecule has 0 bridgehead atoms. The first-order chi connectivity index (χ1) is 31.5. The number of hydrogen-bond acceptors (Lipinski definition) is 6. The van der Waals surface area contributed by atoms with Crippen LogP contribution in [0.4, 0.5) is 0 Å². The van der Waals surface area contributed by atoms with Gasteiger partial charge in [0.05, 0.1) is 0 Å². The van der Waals surface area contributed by atoms with Crippen molar-refractivity contribution in [3.8, 4) is 0 Å². The summed E-state index contributed by atoms with van der Waals surface area (Å²) in [5.74, 6) is -0.863. The molecule has 0 saturated heterocycles. The van der Waals surface area contributed by atoms with Gasteiger partial charge in [0, 0.05) is 19.3 Å². The Kier molecular flexibility index (Phi) is 51.7. The van der Waals surface area contributed by atoms with Crippen molar-refractivity contribution in [3.05, 3.63) is 24.3 Å². The predicted molar refractivity (Wildman–Crippen MR) is 275 cm³/mol. The van der Waals surface area contributed by atoms with Crippen LogP contribution in [0.25, 0.3) is 0 Å². The summed E-state index contributed by atoms with van der Waals surface area (Å²) in [6.07, 6.45) is 61.6. The second-order valence-corrected chi connectivity index (χ2v) is 19.2. The summed E-state index contributed by atoms with van der Waals surface area (Å²) in [4.78, 5) is 38.1. The Bertz CT molecular complexity index is 1040. The molecule has 0 aliphatic carbocycles. The Morgan fingerprint density at radius 2 is 0.547 bits per heavy atom. The van der Waals surface area contributed by atoms with Gasteiger partial charge in [-0.05, 0) is 44.9 Å². The van der Waals surface area contributed by atoms with Crippen molar-refractivity contribution in [2.45, 2.75) is 316 Å². The third-order valence-corrected chi connectivity index (χ3v) is 12.7. The first kappa shape index (κ1) is 61.9. The van der Waals surface area contributed by atoms with Gasteiger partial charge in [-0.3, -0.25) is 14.4 Å². The molecule has 0 amide bonds. The Morgan fingerprint density at radius 1 is 0.312 bits per heavy atom. The highest BCUT2D eigenvalue weighted by molar-refractivity contribution is 5.71. The molecule has 0 rings (SSSR count). The van der Waals surface area contributed by atoms with E-state index in [2.05, 4.69) is 45.1 Å². The van der Waals surface area contributed by atoms with Gasteiger partial charge in [-0.15, -0.1) is 0 Å². The first-order valence-electron chi connectivity index (χ1n) is 28.4. The zero-order valence-corrected chi connectivity index (χ0v) is 43.1. The molecule has 1 unspecified atom stereocenters. The van der Waals surface area contributed by atoms with Crippen molar-refractivity contribution in [3.63, 3.8) is 0 Å². The van der Waals surface area contributed by atoms with E-state index < -0.39 is 6.10 Å². The molecule has 0 aromatic rings. The number of carbonyl (C=O) groups excluding carboxylic acids is 3. The van der Waals surface area contributed by atoms with Crippen molar-refractivity contribution in [1.82, 2.24) is 0 Å². The van der Waals surface area contributed by atoms with E-state index in [1.807, 2.05) is 0 Å². The van der Waals surface area contributed by atoms with Crippen LogP contribution in [0.3, 0.4) is 0 Å². The van der Waals surface area contributed by atoms with E-state index in [1.54, 1.807) is 0 Å². The van der Waals surface area contributed by atoms with E-state index in [9.17, 15) is 14.4 Å². The van der Waals surface area contributed by atoms with Crippen LogP contribution >= 0.6 is 0 Å². The third kappa shape index (κ3) is 50.9. The monoisotopic (exact) mass is 901 g/mol. The summed E-state index contributed by atoms with van der Waals surface area (Å²) >= 11 is 0. The van der Waals surface area contributed by atoms with E-state index in [0.29, 0.717) is 19.3 Å². The highest BCUT2D eigenvalue weighted by Crippen LogP contribution is 2.17. The Morgan fingerprint density at radius 3 is 0.859 bits per heavy atom. The van der Waals surface area contributed by atoms with Gasteiger partial charge < -0.3 is 14.2 Å². The van der Waals surface area contributed by atoms with Gasteiger partial charge in [-0.1, -0.05) is 270 Å². The molecule has 1 atom stereocenters. The number of rotatable bonds is 52. The molecule has 0 aliphatic heterocycles. The summed E-state index contributed by atoms with van der Waals surface area (Å²) in [5, 5.41) is 0. The molecular formula is C58H108O6. The summed E-state index contributed by atoms with van der Waals surface area (Å²) in [6, 6.07) is 0. The minimum atomic E-state index is -0.772. The van der Waals surface area contributed by atoms with Crippen LogP contribution in [-0.2, 0) is 28.6 Å². The van der Waals surface area contributed by atoms with Crippen molar-refractivity contribution in [1.29, 1.82) is 0 Å². The van der Waals surface area contributed by atoms with E-state index in [-0.39, 0.29) is 31.1 Å². The normalized spacial score (nSPS) is 12.1. The smallest absolute Gasteiger partial charge is 0.306 e. The number of esters is 3. The average Bonchev–Trinajstić information content (AvgIpc) is 3.29. The van der Waals surface area contributed by atoms with Gasteiger partial charge in [0.25, 0.3) is 0 Å². The van der Waals surface area contributed by atoms with Gasteiger partial charge in [0.2, 0.25) is 0 Å². The minimum Gasteiger partial charge on any atom is -0.462 e.